The van der Waals surface area contributed by atoms with E-state index in [4.69, 9.17) is 9.84 Å². The lowest BCUT2D eigenvalue weighted by molar-refractivity contribution is 0.275. The summed E-state index contributed by atoms with van der Waals surface area (Å²) in [6, 6.07) is 7.44. The minimum Gasteiger partial charge on any atom is -0.486 e. The molecule has 0 atom stereocenters. The fourth-order valence-corrected chi connectivity index (χ4v) is 1.65. The molecule has 17 heavy (non-hydrogen) atoms. The quantitative estimate of drug-likeness (QED) is 0.857. The van der Waals surface area contributed by atoms with Gasteiger partial charge in [0.2, 0.25) is 0 Å². The molecular formula is C13H16N2O2. The first-order chi connectivity index (χ1) is 8.33. The molecule has 4 heteroatoms. The molecule has 1 N–H and O–H groups in total. The summed E-state index contributed by atoms with van der Waals surface area (Å²) in [5, 5.41) is 9.02. The lowest BCUT2D eigenvalue weighted by Gasteiger charge is -2.08. The zero-order valence-corrected chi connectivity index (χ0v) is 9.84. The molecule has 0 aliphatic heterocycles. The van der Waals surface area contributed by atoms with E-state index < -0.39 is 0 Å². The molecule has 2 aromatic rings. The summed E-state index contributed by atoms with van der Waals surface area (Å²) in [6.07, 6.45) is 3.70. The second-order valence-electron chi connectivity index (χ2n) is 3.72. The van der Waals surface area contributed by atoms with Crippen LogP contribution in [0.15, 0.2) is 36.7 Å². The van der Waals surface area contributed by atoms with Gasteiger partial charge in [-0.3, -0.25) is 0 Å². The Morgan fingerprint density at radius 3 is 3.06 bits per heavy atom. The van der Waals surface area contributed by atoms with Crippen molar-refractivity contribution < 1.29 is 9.84 Å². The van der Waals surface area contributed by atoms with E-state index in [1.165, 1.54) is 0 Å². The van der Waals surface area contributed by atoms with E-state index in [0.29, 0.717) is 6.61 Å². The molecular weight excluding hydrogens is 216 g/mol. The molecule has 0 aliphatic carbocycles. The number of aliphatic hydroxyl groups excluding tert-OH is 1. The van der Waals surface area contributed by atoms with Crippen LogP contribution < -0.4 is 4.74 Å². The van der Waals surface area contributed by atoms with Crippen LogP contribution in [0, 0.1) is 0 Å². The van der Waals surface area contributed by atoms with Gasteiger partial charge in [0, 0.05) is 18.9 Å². The number of aliphatic hydroxyl groups is 1. The van der Waals surface area contributed by atoms with E-state index in [1.54, 1.807) is 6.20 Å². The molecule has 0 aliphatic rings. The van der Waals surface area contributed by atoms with E-state index in [2.05, 4.69) is 11.9 Å². The Kier molecular flexibility index (Phi) is 3.77. The lowest BCUT2D eigenvalue weighted by atomic mass is 10.2. The molecule has 1 aromatic heterocycles. The first-order valence-electron chi connectivity index (χ1n) is 5.66. The molecule has 0 spiro atoms. The van der Waals surface area contributed by atoms with Crippen molar-refractivity contribution in [2.75, 3.05) is 0 Å². The highest BCUT2D eigenvalue weighted by Crippen LogP contribution is 2.14. The molecule has 2 rings (SSSR count). The maximum Gasteiger partial charge on any atom is 0.146 e. The number of hydrogen-bond donors (Lipinski definition) is 1. The maximum absolute atomic E-state index is 9.02. The zero-order chi connectivity index (χ0) is 12.1. The summed E-state index contributed by atoms with van der Waals surface area (Å²) in [7, 11) is 0. The first-order valence-corrected chi connectivity index (χ1v) is 5.66. The fraction of sp³-hybridized carbons (Fsp3) is 0.308. The molecule has 0 fully saturated rings. The monoisotopic (exact) mass is 232 g/mol. The van der Waals surface area contributed by atoms with Gasteiger partial charge in [-0.05, 0) is 24.6 Å². The highest BCUT2D eigenvalue weighted by Gasteiger charge is 2.02. The van der Waals surface area contributed by atoms with Crippen molar-refractivity contribution in [1.82, 2.24) is 9.55 Å². The lowest BCUT2D eigenvalue weighted by Crippen LogP contribution is -2.05. The number of aryl methyl sites for hydroxylation is 1. The molecule has 0 saturated heterocycles. The standard InChI is InChI=1S/C13H16N2O2/c1-2-15-7-6-14-13(15)10-17-12-5-3-4-11(8-12)9-16/h3-8,16H,2,9-10H2,1H3. The Labute approximate surface area is 100 Å². The first kappa shape index (κ1) is 11.7. The van der Waals surface area contributed by atoms with Crippen LogP contribution in [-0.4, -0.2) is 14.7 Å². The smallest absolute Gasteiger partial charge is 0.146 e. The Morgan fingerprint density at radius 2 is 2.29 bits per heavy atom. The van der Waals surface area contributed by atoms with E-state index in [9.17, 15) is 0 Å². The van der Waals surface area contributed by atoms with E-state index in [-0.39, 0.29) is 6.61 Å². The summed E-state index contributed by atoms with van der Waals surface area (Å²) in [6.45, 7) is 3.42. The van der Waals surface area contributed by atoms with E-state index >= 15 is 0 Å². The van der Waals surface area contributed by atoms with Gasteiger partial charge >= 0.3 is 0 Å². The van der Waals surface area contributed by atoms with Gasteiger partial charge in [0.15, 0.2) is 0 Å². The Hall–Kier alpha value is -1.81. The minimum absolute atomic E-state index is 0.0286. The second kappa shape index (κ2) is 5.50. The van der Waals surface area contributed by atoms with Crippen LogP contribution in [0.25, 0.3) is 0 Å². The highest BCUT2D eigenvalue weighted by molar-refractivity contribution is 5.28. The third-order valence-corrected chi connectivity index (χ3v) is 2.59. The minimum atomic E-state index is 0.0286. The van der Waals surface area contributed by atoms with Gasteiger partial charge in [0.05, 0.1) is 6.61 Å². The molecule has 0 saturated carbocycles. The molecule has 0 amide bonds. The van der Waals surface area contributed by atoms with Crippen LogP contribution in [0.4, 0.5) is 0 Å². The average Bonchev–Trinajstić information content (AvgIpc) is 2.84. The topological polar surface area (TPSA) is 47.3 Å². The summed E-state index contributed by atoms with van der Waals surface area (Å²) in [5.74, 6) is 1.66. The number of nitrogens with zero attached hydrogens (tertiary/aromatic N) is 2. The number of benzene rings is 1. The largest absolute Gasteiger partial charge is 0.486 e. The van der Waals surface area contributed by atoms with Crippen LogP contribution in [0.5, 0.6) is 5.75 Å². The van der Waals surface area contributed by atoms with Crippen molar-refractivity contribution in [3.05, 3.63) is 48.0 Å². The molecule has 0 radical (unpaired) electrons. The summed E-state index contributed by atoms with van der Waals surface area (Å²) >= 11 is 0. The number of hydrogen-bond acceptors (Lipinski definition) is 3. The van der Waals surface area contributed by atoms with Crippen molar-refractivity contribution in [2.45, 2.75) is 26.7 Å². The van der Waals surface area contributed by atoms with Gasteiger partial charge < -0.3 is 14.4 Å². The van der Waals surface area contributed by atoms with Crippen molar-refractivity contribution in [2.24, 2.45) is 0 Å². The van der Waals surface area contributed by atoms with Gasteiger partial charge in [0.1, 0.15) is 18.2 Å². The van der Waals surface area contributed by atoms with E-state index in [0.717, 1.165) is 23.7 Å². The third kappa shape index (κ3) is 2.85. The number of rotatable bonds is 5. The number of ether oxygens (including phenoxy) is 1. The van der Waals surface area contributed by atoms with Crippen molar-refractivity contribution in [3.63, 3.8) is 0 Å². The molecule has 1 aromatic carbocycles. The SMILES string of the molecule is CCn1ccnc1COc1cccc(CO)c1. The van der Waals surface area contributed by atoms with Gasteiger partial charge in [-0.2, -0.15) is 0 Å². The molecule has 4 nitrogen and oxygen atoms in total. The Bertz CT molecular complexity index is 480. The zero-order valence-electron chi connectivity index (χ0n) is 9.84. The van der Waals surface area contributed by atoms with Crippen LogP contribution in [0.3, 0.4) is 0 Å². The summed E-state index contributed by atoms with van der Waals surface area (Å²) < 4.78 is 7.68. The van der Waals surface area contributed by atoms with Crippen LogP contribution >= 0.6 is 0 Å². The molecule has 1 heterocycles. The average molecular weight is 232 g/mol. The van der Waals surface area contributed by atoms with E-state index in [1.807, 2.05) is 35.0 Å². The van der Waals surface area contributed by atoms with Crippen LogP contribution in [0.1, 0.15) is 18.3 Å². The second-order valence-corrected chi connectivity index (χ2v) is 3.72. The third-order valence-electron chi connectivity index (χ3n) is 2.59. The number of imidazole rings is 1. The number of aromatic nitrogens is 2. The molecule has 0 unspecified atom stereocenters. The maximum atomic E-state index is 9.02. The van der Waals surface area contributed by atoms with Crippen molar-refractivity contribution >= 4 is 0 Å². The van der Waals surface area contributed by atoms with Crippen molar-refractivity contribution in [3.8, 4) is 5.75 Å². The van der Waals surface area contributed by atoms with Crippen LogP contribution in [-0.2, 0) is 19.8 Å². The van der Waals surface area contributed by atoms with Gasteiger partial charge in [-0.15, -0.1) is 0 Å². The Morgan fingerprint density at radius 1 is 1.41 bits per heavy atom. The predicted octanol–water partition coefficient (Wildman–Crippen LogP) is 1.97. The van der Waals surface area contributed by atoms with Crippen LogP contribution in [0.2, 0.25) is 0 Å². The van der Waals surface area contributed by atoms with Gasteiger partial charge in [-0.25, -0.2) is 4.98 Å². The predicted molar refractivity (Wildman–Crippen MR) is 64.6 cm³/mol. The fourth-order valence-electron chi connectivity index (χ4n) is 1.65. The summed E-state index contributed by atoms with van der Waals surface area (Å²) in [4.78, 5) is 4.23. The molecule has 90 valence electrons. The van der Waals surface area contributed by atoms with Gasteiger partial charge in [0.25, 0.3) is 0 Å². The van der Waals surface area contributed by atoms with Gasteiger partial charge in [-0.1, -0.05) is 12.1 Å². The highest BCUT2D eigenvalue weighted by atomic mass is 16.5. The normalized spacial score (nSPS) is 10.5. The molecule has 0 bridgehead atoms. The van der Waals surface area contributed by atoms with Crippen molar-refractivity contribution in [1.29, 1.82) is 0 Å². The summed E-state index contributed by atoms with van der Waals surface area (Å²) in [5.41, 5.74) is 0.848. The Balaban J connectivity index is 2.02.